The molecule has 1 amide bonds. The van der Waals surface area contributed by atoms with Crippen molar-refractivity contribution in [3.05, 3.63) is 34.9 Å². The second kappa shape index (κ2) is 6.61. The van der Waals surface area contributed by atoms with Crippen LogP contribution in [-0.2, 0) is 6.42 Å². The second-order valence-electron chi connectivity index (χ2n) is 6.50. The summed E-state index contributed by atoms with van der Waals surface area (Å²) in [4.78, 5) is 12.0. The fourth-order valence-corrected chi connectivity index (χ4v) is 3.82. The lowest BCUT2D eigenvalue weighted by molar-refractivity contribution is 0.0946. The highest BCUT2D eigenvalue weighted by atomic mass is 16.1. The van der Waals surface area contributed by atoms with Crippen LogP contribution >= 0.6 is 0 Å². The average Bonchev–Trinajstić information content (AvgIpc) is 2.54. The highest BCUT2D eigenvalue weighted by molar-refractivity contribution is 5.96. The minimum absolute atomic E-state index is 0.0885. The quantitative estimate of drug-likeness (QED) is 0.892. The molecule has 2 aliphatic rings. The summed E-state index contributed by atoms with van der Waals surface area (Å²) in [5.74, 6) is 0.923. The third-order valence-electron chi connectivity index (χ3n) is 5.10. The molecule has 114 valence electrons. The van der Waals surface area contributed by atoms with Gasteiger partial charge in [0.2, 0.25) is 0 Å². The van der Waals surface area contributed by atoms with Crippen LogP contribution in [0.1, 0.15) is 66.1 Å². The van der Waals surface area contributed by atoms with Crippen LogP contribution in [0.2, 0.25) is 0 Å². The molecule has 1 fully saturated rings. The summed E-state index contributed by atoms with van der Waals surface area (Å²) in [5.41, 5.74) is 3.33. The first-order chi connectivity index (χ1) is 10.3. The van der Waals surface area contributed by atoms with E-state index >= 15 is 0 Å². The van der Waals surface area contributed by atoms with Crippen LogP contribution in [-0.4, -0.2) is 19.5 Å². The summed E-state index contributed by atoms with van der Waals surface area (Å²) in [6.07, 6.45) is 9.04. The Morgan fingerprint density at radius 3 is 2.86 bits per heavy atom. The Kier molecular flexibility index (Phi) is 4.59. The predicted molar refractivity (Wildman–Crippen MR) is 85.5 cm³/mol. The van der Waals surface area contributed by atoms with E-state index in [1.807, 2.05) is 7.05 Å². The molecule has 3 heteroatoms. The zero-order valence-corrected chi connectivity index (χ0v) is 13.0. The van der Waals surface area contributed by atoms with Gasteiger partial charge < -0.3 is 10.6 Å². The van der Waals surface area contributed by atoms with Crippen molar-refractivity contribution in [3.8, 4) is 0 Å². The topological polar surface area (TPSA) is 41.1 Å². The largest absolute Gasteiger partial charge is 0.352 e. The van der Waals surface area contributed by atoms with Crippen LogP contribution in [0.5, 0.6) is 0 Å². The van der Waals surface area contributed by atoms with Gasteiger partial charge in [-0.3, -0.25) is 4.79 Å². The van der Waals surface area contributed by atoms with Gasteiger partial charge >= 0.3 is 0 Å². The maximum Gasteiger partial charge on any atom is 0.251 e. The standard InChI is InChI=1S/C18H26N2O/c1-19-17(11-13-5-3-2-4-6-13)15-8-7-14-9-10-20-18(21)16(14)12-15/h7-8,12-13,17,19H,2-6,9-11H2,1H3,(H,20,21). The van der Waals surface area contributed by atoms with Gasteiger partial charge in [0.1, 0.15) is 0 Å². The van der Waals surface area contributed by atoms with Gasteiger partial charge in [0, 0.05) is 18.2 Å². The van der Waals surface area contributed by atoms with E-state index < -0.39 is 0 Å². The van der Waals surface area contributed by atoms with Gasteiger partial charge in [0.05, 0.1) is 0 Å². The minimum Gasteiger partial charge on any atom is -0.352 e. The number of amides is 1. The highest BCUT2D eigenvalue weighted by Crippen LogP contribution is 2.32. The smallest absolute Gasteiger partial charge is 0.251 e. The third kappa shape index (κ3) is 3.29. The number of nitrogens with one attached hydrogen (secondary N) is 2. The van der Waals surface area contributed by atoms with E-state index in [1.165, 1.54) is 49.7 Å². The zero-order valence-electron chi connectivity index (χ0n) is 13.0. The van der Waals surface area contributed by atoms with Gasteiger partial charge in [-0.05, 0) is 43.0 Å². The molecule has 1 saturated carbocycles. The number of hydrogen-bond donors (Lipinski definition) is 2. The summed E-state index contributed by atoms with van der Waals surface area (Å²) in [7, 11) is 2.03. The van der Waals surface area contributed by atoms with Crippen molar-refractivity contribution in [1.82, 2.24) is 10.6 Å². The van der Waals surface area contributed by atoms with Gasteiger partial charge in [-0.2, -0.15) is 0 Å². The summed E-state index contributed by atoms with van der Waals surface area (Å²) in [6, 6.07) is 6.83. The Hall–Kier alpha value is -1.35. The number of rotatable bonds is 4. The normalized spacial score (nSPS) is 20.7. The van der Waals surface area contributed by atoms with E-state index in [1.54, 1.807) is 0 Å². The molecule has 1 aliphatic heterocycles. The molecule has 1 aromatic rings. The van der Waals surface area contributed by atoms with Crippen LogP contribution < -0.4 is 10.6 Å². The summed E-state index contributed by atoms with van der Waals surface area (Å²) in [5, 5.41) is 6.40. The fraction of sp³-hybridized carbons (Fsp3) is 0.611. The molecule has 1 heterocycles. The van der Waals surface area contributed by atoms with Crippen LogP contribution in [0.15, 0.2) is 18.2 Å². The summed E-state index contributed by atoms with van der Waals surface area (Å²) in [6.45, 7) is 0.767. The first-order valence-corrected chi connectivity index (χ1v) is 8.36. The molecular formula is C18H26N2O. The SMILES string of the molecule is CNC(CC1CCCCC1)c1ccc2c(c1)C(=O)NCC2. The second-order valence-corrected chi connectivity index (χ2v) is 6.50. The minimum atomic E-state index is 0.0885. The monoisotopic (exact) mass is 286 g/mol. The lowest BCUT2D eigenvalue weighted by atomic mass is 9.83. The van der Waals surface area contributed by atoms with E-state index in [-0.39, 0.29) is 5.91 Å². The molecule has 2 N–H and O–H groups in total. The molecule has 0 spiro atoms. The molecule has 0 aromatic heterocycles. The molecule has 0 saturated heterocycles. The van der Waals surface area contributed by atoms with E-state index in [9.17, 15) is 4.79 Å². The van der Waals surface area contributed by atoms with E-state index in [0.717, 1.165) is 24.4 Å². The lowest BCUT2D eigenvalue weighted by Gasteiger charge is -2.27. The maximum atomic E-state index is 12.0. The Morgan fingerprint density at radius 2 is 2.10 bits per heavy atom. The van der Waals surface area contributed by atoms with Crippen molar-refractivity contribution < 1.29 is 4.79 Å². The Morgan fingerprint density at radius 1 is 1.29 bits per heavy atom. The highest BCUT2D eigenvalue weighted by Gasteiger charge is 2.22. The molecule has 1 atom stereocenters. The first kappa shape index (κ1) is 14.6. The summed E-state index contributed by atoms with van der Waals surface area (Å²) >= 11 is 0. The van der Waals surface area contributed by atoms with Crippen molar-refractivity contribution in [2.75, 3.05) is 13.6 Å². The van der Waals surface area contributed by atoms with Crippen LogP contribution in [0.25, 0.3) is 0 Å². The van der Waals surface area contributed by atoms with Crippen molar-refractivity contribution in [2.24, 2.45) is 5.92 Å². The van der Waals surface area contributed by atoms with Gasteiger partial charge in [-0.15, -0.1) is 0 Å². The van der Waals surface area contributed by atoms with Crippen LogP contribution in [0.3, 0.4) is 0 Å². The molecular weight excluding hydrogens is 260 g/mol. The average molecular weight is 286 g/mol. The zero-order chi connectivity index (χ0) is 14.7. The lowest BCUT2D eigenvalue weighted by Crippen LogP contribution is -2.32. The molecule has 1 aliphatic carbocycles. The first-order valence-electron chi connectivity index (χ1n) is 8.36. The van der Waals surface area contributed by atoms with Crippen molar-refractivity contribution >= 4 is 5.91 Å². The van der Waals surface area contributed by atoms with E-state index in [0.29, 0.717) is 6.04 Å². The fourth-order valence-electron chi connectivity index (χ4n) is 3.82. The number of carbonyl (C=O) groups excluding carboxylic acids is 1. The predicted octanol–water partition coefficient (Wildman–Crippen LogP) is 3.20. The third-order valence-corrected chi connectivity index (χ3v) is 5.10. The van der Waals surface area contributed by atoms with Gasteiger partial charge in [0.25, 0.3) is 5.91 Å². The molecule has 0 radical (unpaired) electrons. The molecule has 3 rings (SSSR count). The van der Waals surface area contributed by atoms with Crippen molar-refractivity contribution in [3.63, 3.8) is 0 Å². The maximum absolute atomic E-state index is 12.0. The molecule has 21 heavy (non-hydrogen) atoms. The molecule has 0 bridgehead atoms. The number of benzene rings is 1. The van der Waals surface area contributed by atoms with Gasteiger partial charge in [-0.25, -0.2) is 0 Å². The van der Waals surface area contributed by atoms with E-state index in [4.69, 9.17) is 0 Å². The van der Waals surface area contributed by atoms with Crippen molar-refractivity contribution in [2.45, 2.75) is 51.0 Å². The molecule has 3 nitrogen and oxygen atoms in total. The van der Waals surface area contributed by atoms with Gasteiger partial charge in [-0.1, -0.05) is 44.2 Å². The number of hydrogen-bond acceptors (Lipinski definition) is 2. The van der Waals surface area contributed by atoms with Gasteiger partial charge in [0.15, 0.2) is 0 Å². The van der Waals surface area contributed by atoms with Crippen molar-refractivity contribution in [1.29, 1.82) is 0 Å². The number of carbonyl (C=O) groups is 1. The molecule has 1 unspecified atom stereocenters. The number of fused-ring (bicyclic) bond motifs is 1. The van der Waals surface area contributed by atoms with E-state index in [2.05, 4.69) is 28.8 Å². The Labute approximate surface area is 127 Å². The Balaban J connectivity index is 1.77. The molecule has 1 aromatic carbocycles. The van der Waals surface area contributed by atoms with Crippen LogP contribution in [0.4, 0.5) is 0 Å². The Bertz CT molecular complexity index is 506. The summed E-state index contributed by atoms with van der Waals surface area (Å²) < 4.78 is 0. The van der Waals surface area contributed by atoms with Crippen LogP contribution in [0, 0.1) is 5.92 Å².